The van der Waals surface area contributed by atoms with Crippen LogP contribution in [0.3, 0.4) is 0 Å². The first-order valence-electron chi connectivity index (χ1n) is 6.34. The Labute approximate surface area is 132 Å². The van der Waals surface area contributed by atoms with E-state index in [9.17, 15) is 4.79 Å². The molecule has 0 heterocycles. The van der Waals surface area contributed by atoms with E-state index in [1.807, 2.05) is 25.1 Å². The lowest BCUT2D eigenvalue weighted by atomic mass is 10.1. The number of carbonyl (C=O) groups excluding carboxylic acids is 1. The summed E-state index contributed by atoms with van der Waals surface area (Å²) in [6, 6.07) is 10.8. The van der Waals surface area contributed by atoms with Gasteiger partial charge in [-0.05, 0) is 58.7 Å². The Morgan fingerprint density at radius 3 is 2.43 bits per heavy atom. The highest BCUT2D eigenvalue weighted by atomic mass is 79.9. The number of amides is 1. The smallest absolute Gasteiger partial charge is 0.255 e. The van der Waals surface area contributed by atoms with Crippen LogP contribution in [0.15, 0.2) is 40.9 Å². The first kappa shape index (κ1) is 15.4. The Morgan fingerprint density at radius 2 is 1.76 bits per heavy atom. The Hall–Kier alpha value is -2.01. The van der Waals surface area contributed by atoms with E-state index in [0.717, 1.165) is 15.7 Å². The predicted molar refractivity (Wildman–Crippen MR) is 86.4 cm³/mol. The Balaban J connectivity index is 2.26. The Morgan fingerprint density at radius 1 is 1.05 bits per heavy atom. The van der Waals surface area contributed by atoms with E-state index < -0.39 is 0 Å². The number of nitrogens with one attached hydrogen (secondary N) is 1. The highest BCUT2D eigenvalue weighted by molar-refractivity contribution is 9.10. The average Bonchev–Trinajstić information content (AvgIpc) is 2.50. The van der Waals surface area contributed by atoms with Crippen LogP contribution in [0.4, 0.5) is 5.69 Å². The second kappa shape index (κ2) is 6.63. The van der Waals surface area contributed by atoms with Gasteiger partial charge in [-0.2, -0.15) is 0 Å². The van der Waals surface area contributed by atoms with Gasteiger partial charge in [-0.3, -0.25) is 4.79 Å². The van der Waals surface area contributed by atoms with Crippen LogP contribution in [0, 0.1) is 6.92 Å². The van der Waals surface area contributed by atoms with Gasteiger partial charge >= 0.3 is 0 Å². The van der Waals surface area contributed by atoms with Crippen LogP contribution in [0.5, 0.6) is 11.5 Å². The van der Waals surface area contributed by atoms with E-state index in [4.69, 9.17) is 9.47 Å². The summed E-state index contributed by atoms with van der Waals surface area (Å²) >= 11 is 3.42. The monoisotopic (exact) mass is 349 g/mol. The topological polar surface area (TPSA) is 47.6 Å². The number of hydrogen-bond donors (Lipinski definition) is 1. The minimum atomic E-state index is -0.206. The van der Waals surface area contributed by atoms with E-state index in [1.165, 1.54) is 7.11 Å². The lowest BCUT2D eigenvalue weighted by Gasteiger charge is -2.11. The molecule has 2 aromatic carbocycles. The maximum atomic E-state index is 12.3. The normalized spacial score (nSPS) is 10.1. The van der Waals surface area contributed by atoms with Crippen LogP contribution in [0.25, 0.3) is 0 Å². The molecular weight excluding hydrogens is 334 g/mol. The van der Waals surface area contributed by atoms with Gasteiger partial charge in [0.1, 0.15) is 0 Å². The molecule has 21 heavy (non-hydrogen) atoms. The number of carbonyl (C=O) groups is 1. The summed E-state index contributed by atoms with van der Waals surface area (Å²) in [6.45, 7) is 1.97. The molecule has 0 aliphatic rings. The number of benzene rings is 2. The summed E-state index contributed by atoms with van der Waals surface area (Å²) in [5.41, 5.74) is 2.30. The molecule has 1 amide bonds. The van der Waals surface area contributed by atoms with Gasteiger partial charge in [-0.15, -0.1) is 0 Å². The van der Waals surface area contributed by atoms with Crippen molar-refractivity contribution in [3.63, 3.8) is 0 Å². The third kappa shape index (κ3) is 3.55. The largest absolute Gasteiger partial charge is 0.493 e. The van der Waals surface area contributed by atoms with Gasteiger partial charge < -0.3 is 14.8 Å². The van der Waals surface area contributed by atoms with E-state index in [-0.39, 0.29) is 5.91 Å². The molecule has 0 aliphatic carbocycles. The number of halogens is 1. The quantitative estimate of drug-likeness (QED) is 0.906. The number of aryl methyl sites for hydroxylation is 1. The molecule has 0 atom stereocenters. The van der Waals surface area contributed by atoms with Crippen LogP contribution in [-0.2, 0) is 0 Å². The average molecular weight is 350 g/mol. The van der Waals surface area contributed by atoms with Gasteiger partial charge in [0.05, 0.1) is 19.9 Å². The summed E-state index contributed by atoms with van der Waals surface area (Å²) in [7, 11) is 3.10. The zero-order valence-electron chi connectivity index (χ0n) is 12.1. The maximum absolute atomic E-state index is 12.3. The summed E-state index contributed by atoms with van der Waals surface area (Å²) in [4.78, 5) is 12.3. The molecule has 0 saturated carbocycles. The van der Waals surface area contributed by atoms with E-state index >= 15 is 0 Å². The van der Waals surface area contributed by atoms with Gasteiger partial charge in [0.25, 0.3) is 5.91 Å². The second-order valence-corrected chi connectivity index (χ2v) is 5.36. The van der Waals surface area contributed by atoms with E-state index in [1.54, 1.807) is 25.3 Å². The van der Waals surface area contributed by atoms with Crippen LogP contribution < -0.4 is 14.8 Å². The van der Waals surface area contributed by atoms with Crippen molar-refractivity contribution in [1.29, 1.82) is 0 Å². The fourth-order valence-electron chi connectivity index (χ4n) is 1.91. The van der Waals surface area contributed by atoms with Gasteiger partial charge in [0.15, 0.2) is 11.5 Å². The number of rotatable bonds is 4. The van der Waals surface area contributed by atoms with Gasteiger partial charge in [0.2, 0.25) is 0 Å². The molecule has 110 valence electrons. The molecule has 2 aromatic rings. The van der Waals surface area contributed by atoms with Crippen molar-refractivity contribution in [2.75, 3.05) is 19.5 Å². The van der Waals surface area contributed by atoms with Crippen molar-refractivity contribution in [2.24, 2.45) is 0 Å². The van der Waals surface area contributed by atoms with Crippen LogP contribution in [0.1, 0.15) is 15.9 Å². The second-order valence-electron chi connectivity index (χ2n) is 4.51. The molecule has 0 radical (unpaired) electrons. The molecule has 0 aliphatic heterocycles. The molecule has 0 spiro atoms. The maximum Gasteiger partial charge on any atom is 0.255 e. The third-order valence-electron chi connectivity index (χ3n) is 3.02. The van der Waals surface area contributed by atoms with Crippen molar-refractivity contribution in [2.45, 2.75) is 6.92 Å². The molecule has 0 unspecified atom stereocenters. The summed E-state index contributed by atoms with van der Waals surface area (Å²) < 4.78 is 11.2. The highest BCUT2D eigenvalue weighted by Gasteiger charge is 2.12. The molecule has 2 rings (SSSR count). The molecule has 0 fully saturated rings. The molecule has 0 bridgehead atoms. The summed E-state index contributed by atoms with van der Waals surface area (Å²) in [5, 5.41) is 2.87. The van der Waals surface area contributed by atoms with Gasteiger partial charge in [-0.1, -0.05) is 6.07 Å². The first-order valence-corrected chi connectivity index (χ1v) is 7.14. The summed E-state index contributed by atoms with van der Waals surface area (Å²) in [6.07, 6.45) is 0. The van der Waals surface area contributed by atoms with Crippen molar-refractivity contribution in [3.8, 4) is 11.5 Å². The fourth-order valence-corrected chi connectivity index (χ4v) is 2.25. The number of methoxy groups -OCH3 is 2. The summed E-state index contributed by atoms with van der Waals surface area (Å²) in [5.74, 6) is 0.904. The van der Waals surface area contributed by atoms with Crippen molar-refractivity contribution in [1.82, 2.24) is 0 Å². The highest BCUT2D eigenvalue weighted by Crippen LogP contribution is 2.29. The zero-order chi connectivity index (χ0) is 15.4. The van der Waals surface area contributed by atoms with Crippen LogP contribution in [0.2, 0.25) is 0 Å². The van der Waals surface area contributed by atoms with E-state index in [0.29, 0.717) is 17.1 Å². The number of ether oxygens (including phenoxy) is 2. The van der Waals surface area contributed by atoms with Crippen molar-refractivity contribution in [3.05, 3.63) is 52.0 Å². The molecular formula is C16H16BrNO3. The van der Waals surface area contributed by atoms with Gasteiger partial charge in [-0.25, -0.2) is 0 Å². The molecule has 1 N–H and O–H groups in total. The first-order chi connectivity index (χ1) is 10.0. The number of anilines is 1. The minimum Gasteiger partial charge on any atom is -0.493 e. The third-order valence-corrected chi connectivity index (χ3v) is 3.71. The fraction of sp³-hybridized carbons (Fsp3) is 0.188. The van der Waals surface area contributed by atoms with Crippen molar-refractivity contribution >= 4 is 27.5 Å². The Bertz CT molecular complexity index is 671. The Kier molecular flexibility index (Phi) is 4.85. The molecule has 5 heteroatoms. The minimum absolute atomic E-state index is 0.206. The standard InChI is InChI=1S/C16H16BrNO3/c1-10-4-6-12(17)13(8-10)18-16(19)11-5-7-14(20-2)15(9-11)21-3/h4-9H,1-3H3,(H,18,19). The van der Waals surface area contributed by atoms with Crippen LogP contribution >= 0.6 is 15.9 Å². The lowest BCUT2D eigenvalue weighted by molar-refractivity contribution is 0.102. The SMILES string of the molecule is COc1ccc(C(=O)Nc2cc(C)ccc2Br)cc1OC. The molecule has 0 saturated heterocycles. The molecule has 4 nitrogen and oxygen atoms in total. The van der Waals surface area contributed by atoms with Crippen molar-refractivity contribution < 1.29 is 14.3 Å². The number of hydrogen-bond acceptors (Lipinski definition) is 3. The van der Waals surface area contributed by atoms with Crippen LogP contribution in [-0.4, -0.2) is 20.1 Å². The van der Waals surface area contributed by atoms with E-state index in [2.05, 4.69) is 21.2 Å². The lowest BCUT2D eigenvalue weighted by Crippen LogP contribution is -2.12. The zero-order valence-corrected chi connectivity index (χ0v) is 13.7. The van der Waals surface area contributed by atoms with Gasteiger partial charge in [0, 0.05) is 10.0 Å². The predicted octanol–water partition coefficient (Wildman–Crippen LogP) is 4.03. The molecule has 0 aromatic heterocycles.